The smallest absolute Gasteiger partial charge is 0.238 e. The molecule has 1 rings (SSSR count). The number of carbonyl (C=O) groups is 1. The van der Waals surface area contributed by atoms with Gasteiger partial charge in [0.1, 0.15) is 12.8 Å². The first-order valence-corrected chi connectivity index (χ1v) is 6.87. The summed E-state index contributed by atoms with van der Waals surface area (Å²) in [4.78, 5) is 18.7. The van der Waals surface area contributed by atoms with Gasteiger partial charge in [0.05, 0.1) is 6.61 Å². The first kappa shape index (κ1) is 14.5. The molecule has 1 fully saturated rings. The average Bonchev–Trinajstić information content (AvgIpc) is 2.36. The third kappa shape index (κ3) is 5.52. The van der Waals surface area contributed by atoms with Crippen LogP contribution in [0.4, 0.5) is 0 Å². The minimum absolute atomic E-state index is 0.000380. The van der Waals surface area contributed by atoms with Gasteiger partial charge >= 0.3 is 0 Å². The van der Waals surface area contributed by atoms with E-state index in [1.807, 2.05) is 0 Å². The molecule has 0 amide bonds. The SMILES string of the molecule is CO/N=C(/CN1CCCCC1)C(=O)SCCO. The Balaban J connectivity index is 2.47. The van der Waals surface area contributed by atoms with Gasteiger partial charge in [0.15, 0.2) is 0 Å². The molecule has 0 atom stereocenters. The summed E-state index contributed by atoms with van der Waals surface area (Å²) in [5, 5.41) is 12.4. The molecule has 0 aromatic rings. The molecule has 6 heteroatoms. The number of likely N-dealkylation sites (tertiary alicyclic amines) is 1. The van der Waals surface area contributed by atoms with E-state index in [-0.39, 0.29) is 11.7 Å². The van der Waals surface area contributed by atoms with Gasteiger partial charge in [0.25, 0.3) is 0 Å². The van der Waals surface area contributed by atoms with Crippen LogP contribution < -0.4 is 0 Å². The van der Waals surface area contributed by atoms with Crippen LogP contribution in [0.5, 0.6) is 0 Å². The van der Waals surface area contributed by atoms with Crippen molar-refractivity contribution in [2.45, 2.75) is 19.3 Å². The van der Waals surface area contributed by atoms with Crippen LogP contribution in [0.15, 0.2) is 5.16 Å². The van der Waals surface area contributed by atoms with Crippen LogP contribution in [0.2, 0.25) is 0 Å². The molecule has 1 N–H and O–H groups in total. The van der Waals surface area contributed by atoms with E-state index in [1.165, 1.54) is 26.4 Å². The Hall–Kier alpha value is -0.590. The predicted molar refractivity (Wildman–Crippen MR) is 69.3 cm³/mol. The second-order valence-electron chi connectivity index (χ2n) is 3.92. The summed E-state index contributed by atoms with van der Waals surface area (Å²) < 4.78 is 0. The average molecular weight is 260 g/mol. The van der Waals surface area contributed by atoms with Crippen molar-refractivity contribution < 1.29 is 14.7 Å². The van der Waals surface area contributed by atoms with Gasteiger partial charge in [-0.1, -0.05) is 23.3 Å². The molecule has 0 unspecified atom stereocenters. The molecule has 1 heterocycles. The fraction of sp³-hybridized carbons (Fsp3) is 0.818. The Bertz CT molecular complexity index is 265. The molecule has 0 aliphatic carbocycles. The van der Waals surface area contributed by atoms with Crippen LogP contribution in [0, 0.1) is 0 Å². The van der Waals surface area contributed by atoms with Crippen molar-refractivity contribution in [1.29, 1.82) is 0 Å². The Morgan fingerprint density at radius 3 is 2.71 bits per heavy atom. The van der Waals surface area contributed by atoms with E-state index in [0.717, 1.165) is 24.9 Å². The maximum atomic E-state index is 11.8. The normalized spacial score (nSPS) is 18.1. The molecule has 0 saturated carbocycles. The molecule has 0 spiro atoms. The molecule has 1 aliphatic heterocycles. The monoisotopic (exact) mass is 260 g/mol. The van der Waals surface area contributed by atoms with E-state index < -0.39 is 0 Å². The highest BCUT2D eigenvalue weighted by Gasteiger charge is 2.18. The summed E-state index contributed by atoms with van der Waals surface area (Å²) in [5.74, 6) is 0.404. The third-order valence-corrected chi connectivity index (χ3v) is 3.47. The van der Waals surface area contributed by atoms with Gasteiger partial charge in [-0.3, -0.25) is 9.69 Å². The van der Waals surface area contributed by atoms with Crippen molar-refractivity contribution in [3.8, 4) is 0 Å². The zero-order chi connectivity index (χ0) is 12.5. The highest BCUT2D eigenvalue weighted by Crippen LogP contribution is 2.10. The third-order valence-electron chi connectivity index (χ3n) is 2.58. The van der Waals surface area contributed by atoms with Crippen molar-refractivity contribution in [1.82, 2.24) is 4.90 Å². The largest absolute Gasteiger partial charge is 0.399 e. The van der Waals surface area contributed by atoms with E-state index >= 15 is 0 Å². The number of thioether (sulfide) groups is 1. The number of aliphatic hydroxyl groups is 1. The van der Waals surface area contributed by atoms with Crippen molar-refractivity contribution in [3.05, 3.63) is 0 Å². The fourth-order valence-electron chi connectivity index (χ4n) is 1.79. The maximum absolute atomic E-state index is 11.8. The molecule has 5 nitrogen and oxygen atoms in total. The van der Waals surface area contributed by atoms with Gasteiger partial charge in [-0.05, 0) is 25.9 Å². The summed E-state index contributed by atoms with van der Waals surface area (Å²) in [6.45, 7) is 2.58. The standard InChI is InChI=1S/C11H20N2O3S/c1-16-12-10(11(15)17-8-7-14)9-13-5-3-2-4-6-13/h14H,2-9H2,1H3/b12-10-. The summed E-state index contributed by atoms with van der Waals surface area (Å²) in [6, 6.07) is 0. The zero-order valence-electron chi connectivity index (χ0n) is 10.2. The molecule has 0 aromatic carbocycles. The topological polar surface area (TPSA) is 62.1 Å². The minimum atomic E-state index is -0.105. The van der Waals surface area contributed by atoms with Gasteiger partial charge < -0.3 is 9.94 Å². The van der Waals surface area contributed by atoms with E-state index in [0.29, 0.717) is 18.0 Å². The lowest BCUT2D eigenvalue weighted by atomic mass is 10.1. The number of hydrogen-bond acceptors (Lipinski definition) is 6. The maximum Gasteiger partial charge on any atom is 0.238 e. The number of oxime groups is 1. The van der Waals surface area contributed by atoms with Gasteiger partial charge in [0, 0.05) is 12.3 Å². The molecule has 1 saturated heterocycles. The van der Waals surface area contributed by atoms with E-state index in [4.69, 9.17) is 9.94 Å². The minimum Gasteiger partial charge on any atom is -0.399 e. The number of nitrogens with zero attached hydrogens (tertiary/aromatic N) is 2. The summed E-state index contributed by atoms with van der Waals surface area (Å²) in [5.41, 5.74) is 0.438. The molecule has 0 aromatic heterocycles. The van der Waals surface area contributed by atoms with Crippen molar-refractivity contribution >= 4 is 22.6 Å². The number of rotatable bonds is 6. The molecular weight excluding hydrogens is 240 g/mol. The fourth-order valence-corrected chi connectivity index (χ4v) is 2.34. The van der Waals surface area contributed by atoms with Gasteiger partial charge in [-0.2, -0.15) is 0 Å². The zero-order valence-corrected chi connectivity index (χ0v) is 11.0. The highest BCUT2D eigenvalue weighted by atomic mass is 32.2. The molecule has 1 aliphatic rings. The number of carbonyl (C=O) groups excluding carboxylic acids is 1. The summed E-state index contributed by atoms with van der Waals surface area (Å²) >= 11 is 1.09. The Morgan fingerprint density at radius 1 is 1.41 bits per heavy atom. The van der Waals surface area contributed by atoms with Crippen LogP contribution in [0.3, 0.4) is 0 Å². The lowest BCUT2D eigenvalue weighted by Crippen LogP contribution is -2.36. The van der Waals surface area contributed by atoms with Gasteiger partial charge in [-0.15, -0.1) is 0 Å². The second kappa shape index (κ2) is 8.49. The number of piperidine rings is 1. The number of hydrogen-bond donors (Lipinski definition) is 1. The molecule has 98 valence electrons. The summed E-state index contributed by atoms with van der Waals surface area (Å²) in [7, 11) is 1.44. The molecule has 0 bridgehead atoms. The first-order chi connectivity index (χ1) is 8.27. The highest BCUT2D eigenvalue weighted by molar-refractivity contribution is 8.15. The van der Waals surface area contributed by atoms with Crippen molar-refractivity contribution in [2.24, 2.45) is 5.16 Å². The van der Waals surface area contributed by atoms with Crippen molar-refractivity contribution in [2.75, 3.05) is 39.1 Å². The lowest BCUT2D eigenvalue weighted by molar-refractivity contribution is -0.105. The van der Waals surface area contributed by atoms with E-state index in [2.05, 4.69) is 10.1 Å². The van der Waals surface area contributed by atoms with Crippen LogP contribution in [0.25, 0.3) is 0 Å². The Morgan fingerprint density at radius 2 is 2.12 bits per heavy atom. The molecule has 17 heavy (non-hydrogen) atoms. The number of aliphatic hydroxyl groups excluding tert-OH is 1. The second-order valence-corrected chi connectivity index (χ2v) is 4.98. The van der Waals surface area contributed by atoms with Crippen molar-refractivity contribution in [3.63, 3.8) is 0 Å². The van der Waals surface area contributed by atoms with Crippen LogP contribution in [-0.4, -0.2) is 59.9 Å². The summed E-state index contributed by atoms with van der Waals surface area (Å²) in [6.07, 6.45) is 3.62. The Kier molecular flexibility index (Phi) is 7.23. The van der Waals surface area contributed by atoms with Gasteiger partial charge in [-0.25, -0.2) is 0 Å². The van der Waals surface area contributed by atoms with E-state index in [1.54, 1.807) is 0 Å². The quantitative estimate of drug-likeness (QED) is 0.563. The van der Waals surface area contributed by atoms with Crippen LogP contribution >= 0.6 is 11.8 Å². The lowest BCUT2D eigenvalue weighted by Gasteiger charge is -2.26. The van der Waals surface area contributed by atoms with Crippen LogP contribution in [0.1, 0.15) is 19.3 Å². The van der Waals surface area contributed by atoms with Gasteiger partial charge in [0.2, 0.25) is 5.12 Å². The molecule has 0 radical (unpaired) electrons. The Labute approximate surface area is 106 Å². The molecular formula is C11H20N2O3S. The van der Waals surface area contributed by atoms with Crippen LogP contribution in [-0.2, 0) is 9.63 Å². The van der Waals surface area contributed by atoms with E-state index in [9.17, 15) is 4.79 Å². The predicted octanol–water partition coefficient (Wildman–Crippen LogP) is 0.727. The first-order valence-electron chi connectivity index (χ1n) is 5.88.